The quantitative estimate of drug-likeness (QED) is 0.513. The maximum Gasteiger partial charge on any atom is 0.244 e. The maximum absolute atomic E-state index is 5.74. The summed E-state index contributed by atoms with van der Waals surface area (Å²) in [5.41, 5.74) is 4.14. The van der Waals surface area contributed by atoms with Gasteiger partial charge in [0.25, 0.3) is 0 Å². The van der Waals surface area contributed by atoms with Gasteiger partial charge in [0.2, 0.25) is 18.5 Å². The first-order valence-electron chi connectivity index (χ1n) is 10.4. The van der Waals surface area contributed by atoms with Gasteiger partial charge in [-0.25, -0.2) is 4.98 Å². The van der Waals surface area contributed by atoms with E-state index >= 15 is 0 Å². The minimum atomic E-state index is -0.0804. The van der Waals surface area contributed by atoms with E-state index in [1.54, 1.807) is 13.4 Å². The van der Waals surface area contributed by atoms with Crippen LogP contribution in [0.2, 0.25) is 0 Å². The number of benzene rings is 2. The number of hydrogen-bond acceptors (Lipinski definition) is 8. The van der Waals surface area contributed by atoms with Gasteiger partial charge in [0, 0.05) is 25.1 Å². The Kier molecular flexibility index (Phi) is 4.53. The maximum atomic E-state index is 5.74. The highest BCUT2D eigenvalue weighted by molar-refractivity contribution is 5.61. The van der Waals surface area contributed by atoms with Crippen LogP contribution in [0.3, 0.4) is 0 Å². The smallest absolute Gasteiger partial charge is 0.244 e. The number of H-pyrrole nitrogens is 1. The van der Waals surface area contributed by atoms with E-state index in [9.17, 15) is 0 Å². The second-order valence-corrected chi connectivity index (χ2v) is 7.83. The number of aromatic nitrogens is 4. The molecular weight excluding hydrogens is 410 g/mol. The molecule has 2 aliphatic heterocycles. The highest BCUT2D eigenvalue weighted by atomic mass is 16.7. The lowest BCUT2D eigenvalue weighted by Crippen LogP contribution is -2.34. The average molecular weight is 431 g/mol. The van der Waals surface area contributed by atoms with Crippen LogP contribution in [-0.4, -0.2) is 38.9 Å². The summed E-state index contributed by atoms with van der Waals surface area (Å²) in [6, 6.07) is 13.7. The molecule has 0 unspecified atom stereocenters. The van der Waals surface area contributed by atoms with E-state index in [1.807, 2.05) is 30.3 Å². The van der Waals surface area contributed by atoms with Gasteiger partial charge in [-0.2, -0.15) is 4.98 Å². The van der Waals surface area contributed by atoms with Crippen LogP contribution < -0.4 is 14.2 Å². The Morgan fingerprint density at radius 2 is 2.00 bits per heavy atom. The van der Waals surface area contributed by atoms with Crippen LogP contribution >= 0.6 is 0 Å². The number of aromatic amines is 1. The van der Waals surface area contributed by atoms with Crippen molar-refractivity contribution in [3.05, 3.63) is 71.6 Å². The van der Waals surface area contributed by atoms with E-state index < -0.39 is 0 Å². The number of ether oxygens (including phenoxy) is 3. The molecule has 1 atom stereocenters. The number of fused-ring (bicyclic) bond motifs is 2. The van der Waals surface area contributed by atoms with Gasteiger partial charge in [0.05, 0.1) is 30.9 Å². The molecule has 0 amide bonds. The van der Waals surface area contributed by atoms with E-state index in [1.165, 1.54) is 5.56 Å². The van der Waals surface area contributed by atoms with Crippen molar-refractivity contribution in [2.75, 3.05) is 13.9 Å². The third kappa shape index (κ3) is 3.36. The SMILES string of the molecule is COc1ccc(CN2Cc3[nH]cnc3C[C@H]2c2nc(-c3ccc4c(c3)OCO4)no2)cc1. The van der Waals surface area contributed by atoms with E-state index in [-0.39, 0.29) is 12.8 Å². The summed E-state index contributed by atoms with van der Waals surface area (Å²) in [5, 5.41) is 4.24. The second-order valence-electron chi connectivity index (χ2n) is 7.83. The molecule has 0 saturated heterocycles. The summed E-state index contributed by atoms with van der Waals surface area (Å²) >= 11 is 0. The van der Waals surface area contributed by atoms with E-state index in [0.717, 1.165) is 35.0 Å². The largest absolute Gasteiger partial charge is 0.497 e. The summed E-state index contributed by atoms with van der Waals surface area (Å²) in [4.78, 5) is 14.8. The Hall–Kier alpha value is -3.85. The van der Waals surface area contributed by atoms with Crippen molar-refractivity contribution in [2.45, 2.75) is 25.6 Å². The van der Waals surface area contributed by atoms with Gasteiger partial charge in [0.15, 0.2) is 11.5 Å². The first-order valence-corrected chi connectivity index (χ1v) is 10.4. The number of methoxy groups -OCH3 is 1. The summed E-state index contributed by atoms with van der Waals surface area (Å²) in [5.74, 6) is 3.34. The molecule has 9 heteroatoms. The van der Waals surface area contributed by atoms with Gasteiger partial charge in [0.1, 0.15) is 5.75 Å². The lowest BCUT2D eigenvalue weighted by atomic mass is 10.0. The molecule has 0 bridgehead atoms. The highest BCUT2D eigenvalue weighted by Gasteiger charge is 2.33. The van der Waals surface area contributed by atoms with E-state index in [2.05, 4.69) is 32.2 Å². The summed E-state index contributed by atoms with van der Waals surface area (Å²) in [6.07, 6.45) is 2.43. The van der Waals surface area contributed by atoms with Crippen molar-refractivity contribution in [2.24, 2.45) is 0 Å². The summed E-state index contributed by atoms with van der Waals surface area (Å²) < 4.78 is 21.9. The number of nitrogens with zero attached hydrogens (tertiary/aromatic N) is 4. The van der Waals surface area contributed by atoms with Crippen molar-refractivity contribution in [3.8, 4) is 28.6 Å². The van der Waals surface area contributed by atoms with Gasteiger partial charge in [-0.05, 0) is 35.9 Å². The van der Waals surface area contributed by atoms with Crippen molar-refractivity contribution >= 4 is 0 Å². The standard InChI is InChI=1S/C23H21N5O4/c1-29-16-5-2-14(3-6-16)10-28-11-18-17(24-12-25-18)9-19(28)23-26-22(27-32-23)15-4-7-20-21(8-15)31-13-30-20/h2-8,12,19H,9-11,13H2,1H3,(H,24,25)/t19-/m0/s1. The Labute approximate surface area is 183 Å². The molecule has 0 spiro atoms. The van der Waals surface area contributed by atoms with Crippen LogP contribution in [0.1, 0.15) is 28.9 Å². The van der Waals surface area contributed by atoms with Crippen molar-refractivity contribution in [1.29, 1.82) is 0 Å². The fourth-order valence-electron chi connectivity index (χ4n) is 4.19. The molecule has 2 aromatic heterocycles. The van der Waals surface area contributed by atoms with Gasteiger partial charge in [-0.15, -0.1) is 0 Å². The van der Waals surface area contributed by atoms with Crippen LogP contribution in [0.4, 0.5) is 0 Å². The third-order valence-electron chi connectivity index (χ3n) is 5.90. The van der Waals surface area contributed by atoms with Gasteiger partial charge in [-0.1, -0.05) is 17.3 Å². The normalized spacial score (nSPS) is 17.3. The van der Waals surface area contributed by atoms with E-state index in [4.69, 9.17) is 23.7 Å². The van der Waals surface area contributed by atoms with Crippen LogP contribution in [0.15, 0.2) is 53.3 Å². The number of hydrogen-bond donors (Lipinski definition) is 1. The predicted octanol–water partition coefficient (Wildman–Crippen LogP) is 3.50. The second kappa shape index (κ2) is 7.69. The molecule has 162 valence electrons. The van der Waals surface area contributed by atoms with Gasteiger partial charge in [-0.3, -0.25) is 4.90 Å². The van der Waals surface area contributed by atoms with Crippen LogP contribution in [0.25, 0.3) is 11.4 Å². The van der Waals surface area contributed by atoms with Crippen LogP contribution in [0.5, 0.6) is 17.2 Å². The predicted molar refractivity (Wildman–Crippen MR) is 113 cm³/mol. The third-order valence-corrected chi connectivity index (χ3v) is 5.90. The van der Waals surface area contributed by atoms with Crippen molar-refractivity contribution < 1.29 is 18.7 Å². The number of rotatable bonds is 5. The molecular formula is C23H21N5O4. The molecule has 32 heavy (non-hydrogen) atoms. The first kappa shape index (κ1) is 18.9. The summed E-state index contributed by atoms with van der Waals surface area (Å²) in [6.45, 7) is 1.67. The molecule has 2 aromatic carbocycles. The molecule has 0 aliphatic carbocycles. The van der Waals surface area contributed by atoms with Crippen molar-refractivity contribution in [1.82, 2.24) is 25.0 Å². The Morgan fingerprint density at radius 1 is 1.12 bits per heavy atom. The summed E-state index contributed by atoms with van der Waals surface area (Å²) in [7, 11) is 1.67. The molecule has 4 heterocycles. The first-order chi connectivity index (χ1) is 15.8. The minimum Gasteiger partial charge on any atom is -0.497 e. The fraction of sp³-hybridized carbons (Fsp3) is 0.261. The average Bonchev–Trinajstić information content (AvgIpc) is 3.58. The highest BCUT2D eigenvalue weighted by Crippen LogP contribution is 2.37. The lowest BCUT2D eigenvalue weighted by molar-refractivity contribution is 0.128. The molecule has 0 radical (unpaired) electrons. The topological polar surface area (TPSA) is 98.5 Å². The minimum absolute atomic E-state index is 0.0804. The molecule has 4 aromatic rings. The molecule has 0 saturated carbocycles. The van der Waals surface area contributed by atoms with Crippen LogP contribution in [-0.2, 0) is 19.5 Å². The molecule has 6 rings (SSSR count). The van der Waals surface area contributed by atoms with Gasteiger partial charge < -0.3 is 23.7 Å². The Morgan fingerprint density at radius 3 is 2.88 bits per heavy atom. The molecule has 2 aliphatic rings. The Bertz CT molecular complexity index is 1250. The van der Waals surface area contributed by atoms with Crippen molar-refractivity contribution in [3.63, 3.8) is 0 Å². The Balaban J connectivity index is 1.30. The molecule has 9 nitrogen and oxygen atoms in total. The molecule has 0 fully saturated rings. The van der Waals surface area contributed by atoms with E-state index in [0.29, 0.717) is 30.4 Å². The zero-order valence-electron chi connectivity index (χ0n) is 17.4. The molecule has 1 N–H and O–H groups in total. The number of imidazole rings is 1. The van der Waals surface area contributed by atoms with Gasteiger partial charge >= 0.3 is 0 Å². The zero-order valence-corrected chi connectivity index (χ0v) is 17.4. The fourth-order valence-corrected chi connectivity index (χ4v) is 4.19. The lowest BCUT2D eigenvalue weighted by Gasteiger charge is -2.32. The number of nitrogens with one attached hydrogen (secondary N) is 1. The zero-order chi connectivity index (χ0) is 21.5. The van der Waals surface area contributed by atoms with Crippen LogP contribution in [0, 0.1) is 0 Å². The monoisotopic (exact) mass is 431 g/mol.